The van der Waals surface area contributed by atoms with Crippen LogP contribution in [0.25, 0.3) is 11.1 Å². The third kappa shape index (κ3) is 6.57. The van der Waals surface area contributed by atoms with E-state index in [9.17, 15) is 14.4 Å². The van der Waals surface area contributed by atoms with Crippen LogP contribution in [-0.4, -0.2) is 49.6 Å². The molecule has 1 saturated carbocycles. The van der Waals surface area contributed by atoms with E-state index in [1.54, 1.807) is 30.3 Å². The van der Waals surface area contributed by atoms with Gasteiger partial charge >= 0.3 is 5.97 Å². The summed E-state index contributed by atoms with van der Waals surface area (Å²) in [6.07, 6.45) is 7.87. The van der Waals surface area contributed by atoms with Gasteiger partial charge in [0.1, 0.15) is 4.88 Å². The van der Waals surface area contributed by atoms with Crippen molar-refractivity contribution in [2.75, 3.05) is 37.1 Å². The number of amides is 2. The summed E-state index contributed by atoms with van der Waals surface area (Å²) in [6, 6.07) is 20.7. The van der Waals surface area contributed by atoms with Crippen LogP contribution in [0.5, 0.6) is 0 Å². The molecule has 2 aromatic carbocycles. The van der Waals surface area contributed by atoms with Gasteiger partial charge in [0.2, 0.25) is 0 Å². The number of carbonyl (C=O) groups is 3. The number of pyridine rings is 1. The van der Waals surface area contributed by atoms with Crippen LogP contribution in [0, 0.1) is 12.3 Å². The van der Waals surface area contributed by atoms with Gasteiger partial charge in [0.15, 0.2) is 0 Å². The highest BCUT2D eigenvalue weighted by atomic mass is 32.1. The lowest BCUT2D eigenvalue weighted by Crippen LogP contribution is -2.32. The van der Waals surface area contributed by atoms with Gasteiger partial charge in [0.05, 0.1) is 24.1 Å². The summed E-state index contributed by atoms with van der Waals surface area (Å²) in [5.74, 6) is -0.399. The first-order chi connectivity index (χ1) is 23.7. The molecule has 4 heterocycles. The second kappa shape index (κ2) is 13.7. The molecule has 2 fully saturated rings. The minimum atomic E-state index is -0.353. The smallest absolute Gasteiger partial charge is 0.348 e. The van der Waals surface area contributed by atoms with Crippen molar-refractivity contribution in [2.45, 2.75) is 58.3 Å². The van der Waals surface area contributed by atoms with Crippen molar-refractivity contribution in [1.29, 1.82) is 0 Å². The van der Waals surface area contributed by atoms with Gasteiger partial charge in [-0.3, -0.25) is 14.6 Å². The van der Waals surface area contributed by atoms with Gasteiger partial charge in [-0.2, -0.15) is 0 Å². The third-order valence-corrected chi connectivity index (χ3v) is 11.6. The number of ether oxygens (including phenoxy) is 2. The number of methoxy groups -OCH3 is 1. The third-order valence-electron chi connectivity index (χ3n) is 10.5. The van der Waals surface area contributed by atoms with Crippen LogP contribution in [-0.2, 0) is 9.47 Å². The number of para-hydroxylation sites is 1. The second-order valence-corrected chi connectivity index (χ2v) is 14.6. The molecule has 0 radical (unpaired) electrons. The van der Waals surface area contributed by atoms with E-state index in [0.29, 0.717) is 40.1 Å². The zero-order chi connectivity index (χ0) is 34.1. The highest BCUT2D eigenvalue weighted by molar-refractivity contribution is 7.15. The van der Waals surface area contributed by atoms with Crippen LogP contribution in [0.1, 0.15) is 103 Å². The zero-order valence-electron chi connectivity index (χ0n) is 28.2. The monoisotopic (exact) mass is 675 g/mol. The molecule has 1 saturated heterocycles. The SMILES string of the molecule is COC(=O)c1ccc(C2=C(C)c3ccccc3N(C(=O)c3ccc(NC(=O)c4cc(C)cnc4C4CCC5(CCOCC5)C4)cc3)CC2)s1. The van der Waals surface area contributed by atoms with Gasteiger partial charge in [0, 0.05) is 53.6 Å². The molecule has 9 heteroatoms. The molecular weight excluding hydrogens is 635 g/mol. The summed E-state index contributed by atoms with van der Waals surface area (Å²) >= 11 is 1.41. The summed E-state index contributed by atoms with van der Waals surface area (Å²) in [6.45, 7) is 6.14. The molecule has 2 aromatic heterocycles. The molecule has 2 aliphatic heterocycles. The fourth-order valence-electron chi connectivity index (χ4n) is 7.79. The van der Waals surface area contributed by atoms with Crippen molar-refractivity contribution in [1.82, 2.24) is 4.98 Å². The fraction of sp³-hybridized carbons (Fsp3) is 0.350. The highest BCUT2D eigenvalue weighted by Crippen LogP contribution is 2.52. The summed E-state index contributed by atoms with van der Waals surface area (Å²) in [5, 5.41) is 3.07. The number of hydrogen-bond donors (Lipinski definition) is 1. The first kappa shape index (κ1) is 32.9. The molecule has 1 atom stereocenters. The number of nitrogens with zero attached hydrogens (tertiary/aromatic N) is 2. The topological polar surface area (TPSA) is 97.8 Å². The Labute approximate surface area is 291 Å². The van der Waals surface area contributed by atoms with Crippen molar-refractivity contribution >= 4 is 51.6 Å². The van der Waals surface area contributed by atoms with Crippen LogP contribution in [0.3, 0.4) is 0 Å². The summed E-state index contributed by atoms with van der Waals surface area (Å²) in [5.41, 5.74) is 7.91. The maximum Gasteiger partial charge on any atom is 0.348 e. The van der Waals surface area contributed by atoms with Gasteiger partial charge in [-0.25, -0.2) is 4.79 Å². The number of fused-ring (bicyclic) bond motifs is 1. The Morgan fingerprint density at radius 2 is 1.78 bits per heavy atom. The van der Waals surface area contributed by atoms with E-state index in [-0.39, 0.29) is 23.7 Å². The van der Waals surface area contributed by atoms with Crippen LogP contribution in [0.4, 0.5) is 11.4 Å². The molecule has 3 aliphatic rings. The van der Waals surface area contributed by atoms with Crippen LogP contribution >= 0.6 is 11.3 Å². The minimum absolute atomic E-state index is 0.116. The summed E-state index contributed by atoms with van der Waals surface area (Å²) in [4.78, 5) is 48.1. The van der Waals surface area contributed by atoms with Gasteiger partial charge in [-0.05, 0) is 123 Å². The molecule has 252 valence electrons. The first-order valence-corrected chi connectivity index (χ1v) is 17.8. The number of aromatic nitrogens is 1. The average Bonchev–Trinajstić information content (AvgIpc) is 3.74. The largest absolute Gasteiger partial charge is 0.465 e. The Hall–Kier alpha value is -4.60. The summed E-state index contributed by atoms with van der Waals surface area (Å²) in [7, 11) is 1.38. The number of thiophene rings is 1. The molecule has 8 nitrogen and oxygen atoms in total. The molecule has 0 bridgehead atoms. The predicted molar refractivity (Wildman–Crippen MR) is 193 cm³/mol. The molecule has 7 rings (SSSR count). The Bertz CT molecular complexity index is 1940. The van der Waals surface area contributed by atoms with Crippen molar-refractivity contribution in [3.8, 4) is 0 Å². The van der Waals surface area contributed by atoms with E-state index in [2.05, 4.69) is 12.2 Å². The van der Waals surface area contributed by atoms with E-state index in [0.717, 1.165) is 83.8 Å². The van der Waals surface area contributed by atoms with Gasteiger partial charge < -0.3 is 19.7 Å². The van der Waals surface area contributed by atoms with Gasteiger partial charge in [-0.15, -0.1) is 11.3 Å². The molecule has 1 unspecified atom stereocenters. The zero-order valence-corrected chi connectivity index (χ0v) is 29.0. The Morgan fingerprint density at radius 3 is 2.55 bits per heavy atom. The van der Waals surface area contributed by atoms with Crippen molar-refractivity contribution < 1.29 is 23.9 Å². The van der Waals surface area contributed by atoms with Gasteiger partial charge in [-0.1, -0.05) is 18.2 Å². The normalized spacial score (nSPS) is 18.6. The van der Waals surface area contributed by atoms with Crippen molar-refractivity contribution in [3.63, 3.8) is 0 Å². The maximum absolute atomic E-state index is 14.1. The molecule has 4 aromatic rings. The molecular formula is C40H41N3O5S. The number of nitrogens with one attached hydrogen (secondary N) is 1. The van der Waals surface area contributed by atoms with Crippen LogP contribution in [0.15, 0.2) is 72.9 Å². The van der Waals surface area contributed by atoms with E-state index >= 15 is 0 Å². The van der Waals surface area contributed by atoms with Crippen LogP contribution < -0.4 is 10.2 Å². The van der Waals surface area contributed by atoms with Gasteiger partial charge in [0.25, 0.3) is 11.8 Å². The quantitative estimate of drug-likeness (QED) is 0.206. The number of benzene rings is 2. The molecule has 1 N–H and O–H groups in total. The van der Waals surface area contributed by atoms with Crippen LogP contribution in [0.2, 0.25) is 0 Å². The number of aryl methyl sites for hydroxylation is 1. The van der Waals surface area contributed by atoms with Crippen molar-refractivity contribution in [2.24, 2.45) is 5.41 Å². The molecule has 1 aliphatic carbocycles. The first-order valence-electron chi connectivity index (χ1n) is 17.0. The number of esters is 1. The predicted octanol–water partition coefficient (Wildman–Crippen LogP) is 8.54. The molecule has 49 heavy (non-hydrogen) atoms. The number of anilines is 2. The number of rotatable bonds is 6. The Kier molecular flexibility index (Phi) is 9.22. The number of carbonyl (C=O) groups excluding carboxylic acids is 3. The Morgan fingerprint density at radius 1 is 1.00 bits per heavy atom. The van der Waals surface area contributed by atoms with Crippen molar-refractivity contribution in [3.05, 3.63) is 111 Å². The highest BCUT2D eigenvalue weighted by Gasteiger charge is 2.42. The standard InChI is InChI=1S/C40H41N3O5S/c1-25-22-32(36(41-24-25)28-14-16-40(23-28)17-20-48-21-18-40)37(44)42-29-10-8-27(9-11-29)38(45)43-19-15-31(26(2)30-6-4-5-7-33(30)43)34-12-13-35(49-34)39(46)47-3/h4-13,22,24,28H,14-21,23H2,1-3H3,(H,42,44). The Balaban J connectivity index is 1.08. The van der Waals surface area contributed by atoms with E-state index < -0.39 is 0 Å². The van der Waals surface area contributed by atoms with E-state index in [1.165, 1.54) is 18.4 Å². The number of hydrogen-bond acceptors (Lipinski definition) is 7. The minimum Gasteiger partial charge on any atom is -0.465 e. The number of allylic oxidation sites excluding steroid dienone is 1. The second-order valence-electron chi connectivity index (χ2n) is 13.5. The summed E-state index contributed by atoms with van der Waals surface area (Å²) < 4.78 is 10.6. The lowest BCUT2D eigenvalue weighted by atomic mass is 9.77. The molecule has 2 amide bonds. The lowest BCUT2D eigenvalue weighted by Gasteiger charge is -2.33. The average molecular weight is 676 g/mol. The fourth-order valence-corrected chi connectivity index (χ4v) is 8.84. The molecule has 1 spiro atoms. The van der Waals surface area contributed by atoms with E-state index in [4.69, 9.17) is 14.5 Å². The van der Waals surface area contributed by atoms with E-state index in [1.807, 2.05) is 54.4 Å². The maximum atomic E-state index is 14.1. The lowest BCUT2D eigenvalue weighted by molar-refractivity contribution is 0.0174.